The molecule has 4 aromatic rings. The third kappa shape index (κ3) is 4.19. The van der Waals surface area contributed by atoms with Crippen LogP contribution in [0.2, 0.25) is 10.0 Å². The zero-order valence-electron chi connectivity index (χ0n) is 16.0. The van der Waals surface area contributed by atoms with Gasteiger partial charge < -0.3 is 11.1 Å². The molecular formula is C23H20Cl2N4O. The number of benzene rings is 3. The Morgan fingerprint density at radius 2 is 1.87 bits per heavy atom. The van der Waals surface area contributed by atoms with E-state index in [9.17, 15) is 4.79 Å². The maximum atomic E-state index is 13.2. The Balaban J connectivity index is 1.68. The number of amides is 1. The molecule has 0 fully saturated rings. The van der Waals surface area contributed by atoms with Gasteiger partial charge in [0.2, 0.25) is 5.91 Å². The number of halogens is 2. The smallest absolute Gasteiger partial charge is 0.231 e. The van der Waals surface area contributed by atoms with E-state index in [-0.39, 0.29) is 5.91 Å². The Bertz CT molecular complexity index is 1190. The number of nitrogens with zero attached hydrogens (tertiary/aromatic N) is 1. The van der Waals surface area contributed by atoms with Gasteiger partial charge in [-0.3, -0.25) is 9.89 Å². The first-order valence-electron chi connectivity index (χ1n) is 9.55. The molecular weight excluding hydrogens is 419 g/mol. The van der Waals surface area contributed by atoms with Gasteiger partial charge in [0.25, 0.3) is 0 Å². The number of hydrogen-bond acceptors (Lipinski definition) is 3. The van der Waals surface area contributed by atoms with Crippen LogP contribution in [0.1, 0.15) is 17.9 Å². The molecule has 152 valence electrons. The fraction of sp³-hybridized carbons (Fsp3) is 0.130. The summed E-state index contributed by atoms with van der Waals surface area (Å²) < 4.78 is 0. The Morgan fingerprint density at radius 3 is 2.60 bits per heavy atom. The molecule has 0 saturated carbocycles. The van der Waals surface area contributed by atoms with Crippen LogP contribution in [0.5, 0.6) is 0 Å². The summed E-state index contributed by atoms with van der Waals surface area (Å²) >= 11 is 12.2. The molecule has 1 aromatic heterocycles. The van der Waals surface area contributed by atoms with Crippen molar-refractivity contribution in [3.8, 4) is 11.1 Å². The van der Waals surface area contributed by atoms with Crippen molar-refractivity contribution in [3.63, 3.8) is 0 Å². The minimum atomic E-state index is -0.440. The van der Waals surface area contributed by atoms with Gasteiger partial charge in [0.15, 0.2) is 0 Å². The van der Waals surface area contributed by atoms with Crippen LogP contribution in [0.3, 0.4) is 0 Å². The van der Waals surface area contributed by atoms with E-state index in [1.165, 1.54) is 0 Å². The fourth-order valence-electron chi connectivity index (χ4n) is 3.55. The zero-order chi connectivity index (χ0) is 21.1. The average molecular weight is 439 g/mol. The van der Waals surface area contributed by atoms with E-state index in [1.807, 2.05) is 48.5 Å². The van der Waals surface area contributed by atoms with Gasteiger partial charge in [-0.05, 0) is 48.4 Å². The number of rotatable bonds is 6. The molecule has 1 unspecified atom stereocenters. The summed E-state index contributed by atoms with van der Waals surface area (Å²) in [5.41, 5.74) is 10.2. The van der Waals surface area contributed by atoms with Gasteiger partial charge in [-0.25, -0.2) is 0 Å². The van der Waals surface area contributed by atoms with Crippen molar-refractivity contribution in [2.24, 2.45) is 5.73 Å². The number of carbonyl (C=O) groups excluding carboxylic acids is 1. The Hall–Kier alpha value is -2.86. The molecule has 0 radical (unpaired) electrons. The van der Waals surface area contributed by atoms with E-state index in [0.29, 0.717) is 28.7 Å². The molecule has 1 atom stereocenters. The number of anilines is 1. The highest BCUT2D eigenvalue weighted by atomic mass is 35.5. The highest BCUT2D eigenvalue weighted by molar-refractivity contribution is 6.42. The third-order valence-corrected chi connectivity index (χ3v) is 5.76. The van der Waals surface area contributed by atoms with Crippen molar-refractivity contribution in [1.29, 1.82) is 0 Å². The number of nitrogens with two attached hydrogens (primary N) is 1. The van der Waals surface area contributed by atoms with E-state index >= 15 is 0 Å². The lowest BCUT2D eigenvalue weighted by atomic mass is 9.94. The molecule has 0 aliphatic heterocycles. The van der Waals surface area contributed by atoms with Gasteiger partial charge in [-0.1, -0.05) is 59.6 Å². The number of fused-ring (bicyclic) bond motifs is 1. The molecule has 5 nitrogen and oxygen atoms in total. The molecule has 4 rings (SSSR count). The molecule has 1 heterocycles. The topological polar surface area (TPSA) is 83.8 Å². The molecule has 0 saturated heterocycles. The Labute approximate surface area is 184 Å². The number of aromatic nitrogens is 2. The van der Waals surface area contributed by atoms with E-state index in [2.05, 4.69) is 15.5 Å². The molecule has 0 aliphatic carbocycles. The second kappa shape index (κ2) is 8.88. The van der Waals surface area contributed by atoms with Crippen molar-refractivity contribution in [2.45, 2.75) is 12.3 Å². The molecule has 0 bridgehead atoms. The van der Waals surface area contributed by atoms with Gasteiger partial charge in [0, 0.05) is 16.6 Å². The first-order chi connectivity index (χ1) is 14.6. The first-order valence-corrected chi connectivity index (χ1v) is 10.3. The molecule has 3 aromatic carbocycles. The van der Waals surface area contributed by atoms with Gasteiger partial charge in [-0.15, -0.1) is 0 Å². The normalized spacial score (nSPS) is 12.1. The van der Waals surface area contributed by atoms with E-state index in [1.54, 1.807) is 18.3 Å². The SMILES string of the molecule is NCCC(C(=O)Nc1cc(-c2ccccc2)c2[nH]ncc2c1)c1ccc(Cl)c(Cl)c1. The van der Waals surface area contributed by atoms with Crippen LogP contribution in [0.15, 0.2) is 66.9 Å². The predicted octanol–water partition coefficient (Wildman–Crippen LogP) is 5.61. The van der Waals surface area contributed by atoms with Crippen LogP contribution >= 0.6 is 23.2 Å². The predicted molar refractivity (Wildman–Crippen MR) is 123 cm³/mol. The number of hydrogen-bond donors (Lipinski definition) is 3. The summed E-state index contributed by atoms with van der Waals surface area (Å²) in [7, 11) is 0. The number of H-pyrrole nitrogens is 1. The highest BCUT2D eigenvalue weighted by Crippen LogP contribution is 2.32. The molecule has 1 amide bonds. The highest BCUT2D eigenvalue weighted by Gasteiger charge is 2.21. The van der Waals surface area contributed by atoms with E-state index in [4.69, 9.17) is 28.9 Å². The second-order valence-electron chi connectivity index (χ2n) is 7.02. The van der Waals surface area contributed by atoms with Crippen LogP contribution in [0, 0.1) is 0 Å². The summed E-state index contributed by atoms with van der Waals surface area (Å²) in [6.07, 6.45) is 2.23. The zero-order valence-corrected chi connectivity index (χ0v) is 17.5. The monoisotopic (exact) mass is 438 g/mol. The van der Waals surface area contributed by atoms with Crippen molar-refractivity contribution in [3.05, 3.63) is 82.5 Å². The van der Waals surface area contributed by atoms with Gasteiger partial charge in [0.1, 0.15) is 0 Å². The van der Waals surface area contributed by atoms with Gasteiger partial charge in [0.05, 0.1) is 27.7 Å². The maximum absolute atomic E-state index is 13.2. The van der Waals surface area contributed by atoms with Gasteiger partial charge in [-0.2, -0.15) is 5.10 Å². The van der Waals surface area contributed by atoms with Crippen LogP contribution in [-0.2, 0) is 4.79 Å². The van der Waals surface area contributed by atoms with Crippen LogP contribution < -0.4 is 11.1 Å². The van der Waals surface area contributed by atoms with E-state index in [0.717, 1.165) is 27.6 Å². The summed E-state index contributed by atoms with van der Waals surface area (Å²) in [5, 5.41) is 12.0. The number of nitrogens with one attached hydrogen (secondary N) is 2. The van der Waals surface area contributed by atoms with Crippen LogP contribution in [0.25, 0.3) is 22.0 Å². The van der Waals surface area contributed by atoms with Gasteiger partial charge >= 0.3 is 0 Å². The minimum absolute atomic E-state index is 0.152. The Kier molecular flexibility index (Phi) is 6.04. The lowest BCUT2D eigenvalue weighted by molar-refractivity contribution is -0.117. The Morgan fingerprint density at radius 1 is 1.07 bits per heavy atom. The quantitative estimate of drug-likeness (QED) is 0.365. The number of aromatic amines is 1. The van der Waals surface area contributed by atoms with Crippen LogP contribution in [-0.4, -0.2) is 22.6 Å². The summed E-state index contributed by atoms with van der Waals surface area (Å²) in [4.78, 5) is 13.2. The molecule has 4 N–H and O–H groups in total. The van der Waals surface area contributed by atoms with Crippen molar-refractivity contribution in [2.75, 3.05) is 11.9 Å². The molecule has 7 heteroatoms. The van der Waals surface area contributed by atoms with Crippen LogP contribution in [0.4, 0.5) is 5.69 Å². The molecule has 30 heavy (non-hydrogen) atoms. The standard InChI is InChI=1S/C23H20Cl2N4O/c24-20-7-6-15(11-21(20)25)18(8-9-26)23(30)28-17-10-16-13-27-29-22(16)19(12-17)14-4-2-1-3-5-14/h1-7,10-13,18H,8-9,26H2,(H,27,29)(H,28,30). The maximum Gasteiger partial charge on any atom is 0.231 e. The molecule has 0 aliphatic rings. The second-order valence-corrected chi connectivity index (χ2v) is 7.83. The van der Waals surface area contributed by atoms with Crippen molar-refractivity contribution >= 4 is 45.7 Å². The average Bonchev–Trinajstić information content (AvgIpc) is 3.22. The number of carbonyl (C=O) groups is 1. The minimum Gasteiger partial charge on any atom is -0.330 e. The summed E-state index contributed by atoms with van der Waals surface area (Å²) in [5.74, 6) is -0.592. The summed E-state index contributed by atoms with van der Waals surface area (Å²) in [6, 6.07) is 19.0. The summed E-state index contributed by atoms with van der Waals surface area (Å²) in [6.45, 7) is 0.369. The lowest BCUT2D eigenvalue weighted by Crippen LogP contribution is -2.23. The molecule has 0 spiro atoms. The fourth-order valence-corrected chi connectivity index (χ4v) is 3.86. The van der Waals surface area contributed by atoms with Crippen molar-refractivity contribution in [1.82, 2.24) is 10.2 Å². The lowest BCUT2D eigenvalue weighted by Gasteiger charge is -2.18. The van der Waals surface area contributed by atoms with E-state index < -0.39 is 5.92 Å². The van der Waals surface area contributed by atoms with Crippen molar-refractivity contribution < 1.29 is 4.79 Å². The first kappa shape index (κ1) is 20.4. The third-order valence-electron chi connectivity index (χ3n) is 5.02. The largest absolute Gasteiger partial charge is 0.330 e.